The van der Waals surface area contributed by atoms with Gasteiger partial charge in [0.2, 0.25) is 5.78 Å². The van der Waals surface area contributed by atoms with Gasteiger partial charge in [0.15, 0.2) is 5.76 Å². The summed E-state index contributed by atoms with van der Waals surface area (Å²) in [5.74, 6) is -0.867. The topological polar surface area (TPSA) is 105 Å². The van der Waals surface area contributed by atoms with Crippen LogP contribution in [0.1, 0.15) is 12.8 Å². The average molecular weight is 259 g/mol. The van der Waals surface area contributed by atoms with E-state index in [2.05, 4.69) is 10.1 Å². The normalized spacial score (nSPS) is 23.9. The van der Waals surface area contributed by atoms with Crippen molar-refractivity contribution < 1.29 is 29.3 Å². The Labute approximate surface area is 104 Å². The van der Waals surface area contributed by atoms with E-state index in [-0.39, 0.29) is 30.8 Å². The average Bonchev–Trinajstić information content (AvgIpc) is 2.35. The number of Topliss-reactive ketones (excluding diaryl/α,β-unsaturated/α-hetero) is 1. The summed E-state index contributed by atoms with van der Waals surface area (Å²) in [6, 6.07) is 0. The lowest BCUT2D eigenvalue weighted by Crippen LogP contribution is -2.43. The second kappa shape index (κ2) is 5.83. The van der Waals surface area contributed by atoms with Crippen molar-refractivity contribution in [1.82, 2.24) is 5.32 Å². The molecule has 0 saturated carbocycles. The highest BCUT2D eigenvalue weighted by Gasteiger charge is 2.38. The van der Waals surface area contributed by atoms with Gasteiger partial charge in [0.05, 0.1) is 26.5 Å². The van der Waals surface area contributed by atoms with Gasteiger partial charge in [-0.3, -0.25) is 9.59 Å². The molecule has 0 aromatic carbocycles. The predicted octanol–water partition coefficient (Wildman–Crippen LogP) is -1.31. The highest BCUT2D eigenvalue weighted by molar-refractivity contribution is 5.96. The number of carbonyl (C=O) groups is 2. The molecule has 1 unspecified atom stereocenters. The lowest BCUT2D eigenvalue weighted by molar-refractivity contribution is -0.139. The first-order chi connectivity index (χ1) is 8.45. The fraction of sp³-hybridized carbons (Fsp3) is 0.636. The zero-order valence-corrected chi connectivity index (χ0v) is 10.4. The molecule has 102 valence electrons. The second-order valence-corrected chi connectivity index (χ2v) is 4.10. The number of allylic oxidation sites excluding steroid dienone is 1. The lowest BCUT2D eigenvalue weighted by Gasteiger charge is -2.31. The van der Waals surface area contributed by atoms with Crippen molar-refractivity contribution in [2.24, 2.45) is 0 Å². The summed E-state index contributed by atoms with van der Waals surface area (Å²) in [5, 5.41) is 21.7. The monoisotopic (exact) mass is 259 g/mol. The van der Waals surface area contributed by atoms with Gasteiger partial charge in [-0.2, -0.15) is 0 Å². The molecule has 0 amide bonds. The van der Waals surface area contributed by atoms with Crippen LogP contribution in [0.25, 0.3) is 0 Å². The molecule has 0 saturated heterocycles. The van der Waals surface area contributed by atoms with Crippen molar-refractivity contribution in [3.63, 3.8) is 0 Å². The summed E-state index contributed by atoms with van der Waals surface area (Å²) in [7, 11) is 2.57. The molecule has 0 radical (unpaired) electrons. The van der Waals surface area contributed by atoms with Gasteiger partial charge >= 0.3 is 5.97 Å². The molecule has 0 aliphatic heterocycles. The van der Waals surface area contributed by atoms with Crippen LogP contribution in [-0.2, 0) is 19.1 Å². The summed E-state index contributed by atoms with van der Waals surface area (Å²) in [5.41, 5.74) is -1.23. The van der Waals surface area contributed by atoms with Crippen molar-refractivity contribution in [1.29, 1.82) is 0 Å². The molecule has 0 heterocycles. The fourth-order valence-corrected chi connectivity index (χ4v) is 1.76. The molecule has 0 fully saturated rings. The third kappa shape index (κ3) is 3.21. The molecule has 3 N–H and O–H groups in total. The molecule has 7 nitrogen and oxygen atoms in total. The lowest BCUT2D eigenvalue weighted by atomic mass is 9.86. The van der Waals surface area contributed by atoms with Gasteiger partial charge < -0.3 is 25.0 Å². The molecule has 0 aromatic rings. The van der Waals surface area contributed by atoms with Gasteiger partial charge in [-0.1, -0.05) is 0 Å². The maximum atomic E-state index is 11.7. The van der Waals surface area contributed by atoms with Gasteiger partial charge in [0, 0.05) is 12.8 Å². The molecule has 1 aliphatic carbocycles. The Morgan fingerprint density at radius 3 is 2.61 bits per heavy atom. The maximum Gasteiger partial charge on any atom is 0.325 e. The van der Waals surface area contributed by atoms with E-state index in [4.69, 9.17) is 9.84 Å². The molecule has 1 rings (SSSR count). The predicted molar refractivity (Wildman–Crippen MR) is 60.3 cm³/mol. The number of aliphatic hydroxyl groups is 2. The molecular weight excluding hydrogens is 242 g/mol. The van der Waals surface area contributed by atoms with Crippen LogP contribution in [0.3, 0.4) is 0 Å². The standard InChI is InChI=1S/C11H17NO6/c1-17-9(15)5-12-7-3-11(16,6-13)4-8(14)10(7)18-2/h12-13,16H,3-6H2,1-2H3. The molecule has 0 spiro atoms. The summed E-state index contributed by atoms with van der Waals surface area (Å²) >= 11 is 0. The number of ether oxygens (including phenoxy) is 2. The van der Waals surface area contributed by atoms with E-state index in [1.54, 1.807) is 0 Å². The Morgan fingerprint density at radius 2 is 2.11 bits per heavy atom. The SMILES string of the molecule is COC(=O)CNC1=C(OC)C(=O)CC(O)(CO)C1. The number of rotatable bonds is 5. The van der Waals surface area contributed by atoms with Crippen molar-refractivity contribution in [2.45, 2.75) is 18.4 Å². The van der Waals surface area contributed by atoms with Crippen LogP contribution in [0, 0.1) is 0 Å². The van der Waals surface area contributed by atoms with Crippen LogP contribution in [0.15, 0.2) is 11.5 Å². The smallest absolute Gasteiger partial charge is 0.325 e. The van der Waals surface area contributed by atoms with Gasteiger partial charge in [-0.15, -0.1) is 0 Å². The molecule has 7 heteroatoms. The van der Waals surface area contributed by atoms with Gasteiger partial charge in [-0.25, -0.2) is 0 Å². The number of ketones is 1. The highest BCUT2D eigenvalue weighted by Crippen LogP contribution is 2.29. The first-order valence-electron chi connectivity index (χ1n) is 5.40. The van der Waals surface area contributed by atoms with Crippen LogP contribution in [0.5, 0.6) is 0 Å². The number of carbonyl (C=O) groups excluding carboxylic acids is 2. The molecule has 18 heavy (non-hydrogen) atoms. The van der Waals surface area contributed by atoms with E-state index >= 15 is 0 Å². The van der Waals surface area contributed by atoms with Crippen LogP contribution in [0.4, 0.5) is 0 Å². The Kier molecular flexibility index (Phi) is 4.69. The van der Waals surface area contributed by atoms with E-state index in [1.165, 1.54) is 14.2 Å². The van der Waals surface area contributed by atoms with Crippen molar-refractivity contribution in [3.05, 3.63) is 11.5 Å². The number of nitrogens with one attached hydrogen (secondary N) is 1. The van der Waals surface area contributed by atoms with E-state index in [1.807, 2.05) is 0 Å². The van der Waals surface area contributed by atoms with Crippen LogP contribution >= 0.6 is 0 Å². The van der Waals surface area contributed by atoms with Gasteiger partial charge in [-0.05, 0) is 0 Å². The highest BCUT2D eigenvalue weighted by atomic mass is 16.5. The number of methoxy groups -OCH3 is 2. The van der Waals surface area contributed by atoms with Crippen LogP contribution in [0.2, 0.25) is 0 Å². The Morgan fingerprint density at radius 1 is 1.44 bits per heavy atom. The Bertz CT molecular complexity index is 378. The van der Waals surface area contributed by atoms with Gasteiger partial charge in [0.1, 0.15) is 12.1 Å². The zero-order valence-electron chi connectivity index (χ0n) is 10.4. The molecule has 0 bridgehead atoms. The quantitative estimate of drug-likeness (QED) is 0.527. The maximum absolute atomic E-state index is 11.7. The molecule has 0 aromatic heterocycles. The minimum absolute atomic E-state index is 0.00933. The number of hydrogen-bond acceptors (Lipinski definition) is 7. The molecule has 1 atom stereocenters. The Balaban J connectivity index is 2.87. The zero-order chi connectivity index (χ0) is 13.8. The minimum Gasteiger partial charge on any atom is -0.491 e. The van der Waals surface area contributed by atoms with E-state index in [0.29, 0.717) is 0 Å². The summed E-state index contributed by atoms with van der Waals surface area (Å²) in [4.78, 5) is 22.7. The van der Waals surface area contributed by atoms with Gasteiger partial charge in [0.25, 0.3) is 0 Å². The Hall–Kier alpha value is -1.60. The molecular formula is C11H17NO6. The largest absolute Gasteiger partial charge is 0.491 e. The van der Waals surface area contributed by atoms with Crippen LogP contribution < -0.4 is 5.32 Å². The van der Waals surface area contributed by atoms with Crippen molar-refractivity contribution in [2.75, 3.05) is 27.4 Å². The third-order valence-electron chi connectivity index (χ3n) is 2.70. The second-order valence-electron chi connectivity index (χ2n) is 4.10. The van der Waals surface area contributed by atoms with Crippen LogP contribution in [-0.4, -0.2) is 54.9 Å². The fourth-order valence-electron chi connectivity index (χ4n) is 1.76. The number of esters is 1. The first kappa shape index (κ1) is 14.5. The molecule has 1 aliphatic rings. The third-order valence-corrected chi connectivity index (χ3v) is 2.70. The van der Waals surface area contributed by atoms with E-state index in [0.717, 1.165) is 0 Å². The first-order valence-corrected chi connectivity index (χ1v) is 5.40. The summed E-state index contributed by atoms with van der Waals surface area (Å²) in [6.07, 6.45) is -0.203. The number of hydrogen-bond donors (Lipinski definition) is 3. The van der Waals surface area contributed by atoms with E-state index < -0.39 is 24.0 Å². The van der Waals surface area contributed by atoms with Crippen molar-refractivity contribution in [3.8, 4) is 0 Å². The van der Waals surface area contributed by atoms with E-state index in [9.17, 15) is 14.7 Å². The number of aliphatic hydroxyl groups excluding tert-OH is 1. The summed E-state index contributed by atoms with van der Waals surface area (Å²) in [6.45, 7) is -0.688. The van der Waals surface area contributed by atoms with Crippen molar-refractivity contribution >= 4 is 11.8 Å². The summed E-state index contributed by atoms with van der Waals surface area (Å²) < 4.78 is 9.40. The minimum atomic E-state index is -1.52.